The highest BCUT2D eigenvalue weighted by atomic mass is 79.9. The molecule has 1 saturated carbocycles. The lowest BCUT2D eigenvalue weighted by Crippen LogP contribution is -2.35. The lowest BCUT2D eigenvalue weighted by Gasteiger charge is -2.29. The standard InChI is InChI=1S/C17H26BrNO2/c1-12(2)10-19-11-13-6-5-7-14(18)17(13)21-16-9-4-3-8-15(16)20/h5-7,12,15-16,19-20H,3-4,8-11H2,1-2H3. The highest BCUT2D eigenvalue weighted by Gasteiger charge is 2.26. The van der Waals surface area contributed by atoms with E-state index in [4.69, 9.17) is 4.74 Å². The quantitative estimate of drug-likeness (QED) is 0.813. The van der Waals surface area contributed by atoms with Gasteiger partial charge in [0.2, 0.25) is 0 Å². The normalized spacial score (nSPS) is 22.5. The molecule has 1 aromatic rings. The molecule has 21 heavy (non-hydrogen) atoms. The Hall–Kier alpha value is -0.580. The predicted octanol–water partition coefficient (Wildman–Crippen LogP) is 3.88. The number of ether oxygens (including phenoxy) is 1. The minimum atomic E-state index is -0.345. The fourth-order valence-corrected chi connectivity index (χ4v) is 3.19. The lowest BCUT2D eigenvalue weighted by atomic mass is 9.95. The van der Waals surface area contributed by atoms with E-state index in [1.807, 2.05) is 12.1 Å². The summed E-state index contributed by atoms with van der Waals surface area (Å²) >= 11 is 3.58. The zero-order chi connectivity index (χ0) is 15.2. The van der Waals surface area contributed by atoms with Crippen LogP contribution in [-0.4, -0.2) is 23.9 Å². The summed E-state index contributed by atoms with van der Waals surface area (Å²) in [7, 11) is 0. The first kappa shape index (κ1) is 16.8. The third-order valence-electron chi connectivity index (χ3n) is 3.85. The summed E-state index contributed by atoms with van der Waals surface area (Å²) in [5.41, 5.74) is 1.14. The maximum absolute atomic E-state index is 10.1. The molecular weight excluding hydrogens is 330 g/mol. The number of hydrogen-bond donors (Lipinski definition) is 2. The number of benzene rings is 1. The molecule has 0 aromatic heterocycles. The van der Waals surface area contributed by atoms with Crippen LogP contribution in [0.2, 0.25) is 0 Å². The Labute approximate surface area is 136 Å². The number of halogens is 1. The first-order valence-electron chi connectivity index (χ1n) is 7.90. The van der Waals surface area contributed by atoms with Crippen LogP contribution in [-0.2, 0) is 6.54 Å². The van der Waals surface area contributed by atoms with Gasteiger partial charge in [0.15, 0.2) is 0 Å². The molecule has 0 aliphatic heterocycles. The predicted molar refractivity (Wildman–Crippen MR) is 89.6 cm³/mol. The summed E-state index contributed by atoms with van der Waals surface area (Å²) in [4.78, 5) is 0. The minimum Gasteiger partial charge on any atom is -0.486 e. The first-order valence-corrected chi connectivity index (χ1v) is 8.70. The smallest absolute Gasteiger partial charge is 0.138 e. The van der Waals surface area contributed by atoms with Gasteiger partial charge in [-0.25, -0.2) is 0 Å². The fourth-order valence-electron chi connectivity index (χ4n) is 2.69. The largest absolute Gasteiger partial charge is 0.486 e. The van der Waals surface area contributed by atoms with Crippen molar-refractivity contribution in [3.63, 3.8) is 0 Å². The highest BCUT2D eigenvalue weighted by molar-refractivity contribution is 9.10. The number of para-hydroxylation sites is 1. The fraction of sp³-hybridized carbons (Fsp3) is 0.647. The maximum Gasteiger partial charge on any atom is 0.138 e. The van der Waals surface area contributed by atoms with Crippen LogP contribution >= 0.6 is 15.9 Å². The Morgan fingerprint density at radius 3 is 2.81 bits per heavy atom. The monoisotopic (exact) mass is 355 g/mol. The van der Waals surface area contributed by atoms with Crippen LogP contribution in [0.3, 0.4) is 0 Å². The molecule has 3 nitrogen and oxygen atoms in total. The molecule has 2 atom stereocenters. The van der Waals surface area contributed by atoms with Crippen molar-refractivity contribution in [1.82, 2.24) is 5.32 Å². The van der Waals surface area contributed by atoms with Crippen molar-refractivity contribution in [2.24, 2.45) is 5.92 Å². The molecule has 0 saturated heterocycles. The minimum absolute atomic E-state index is 0.0821. The van der Waals surface area contributed by atoms with Crippen molar-refractivity contribution in [2.75, 3.05) is 6.54 Å². The maximum atomic E-state index is 10.1. The SMILES string of the molecule is CC(C)CNCc1cccc(Br)c1OC1CCCCC1O. The molecule has 4 heteroatoms. The van der Waals surface area contributed by atoms with Crippen LogP contribution in [0.15, 0.2) is 22.7 Å². The number of nitrogens with one attached hydrogen (secondary N) is 1. The molecule has 1 aromatic carbocycles. The van der Waals surface area contributed by atoms with Crippen LogP contribution in [0.25, 0.3) is 0 Å². The summed E-state index contributed by atoms with van der Waals surface area (Å²) < 4.78 is 7.11. The Morgan fingerprint density at radius 2 is 2.10 bits per heavy atom. The van der Waals surface area contributed by atoms with E-state index in [1.165, 1.54) is 0 Å². The molecule has 1 aliphatic carbocycles. The van der Waals surface area contributed by atoms with Crippen molar-refractivity contribution in [2.45, 2.75) is 58.3 Å². The Bertz CT molecular complexity index is 450. The van der Waals surface area contributed by atoms with Gasteiger partial charge in [-0.2, -0.15) is 0 Å². The number of rotatable bonds is 6. The second-order valence-corrected chi connectivity index (χ2v) is 7.12. The van der Waals surface area contributed by atoms with Crippen LogP contribution in [0, 0.1) is 5.92 Å². The van der Waals surface area contributed by atoms with E-state index in [-0.39, 0.29) is 12.2 Å². The van der Waals surface area contributed by atoms with Gasteiger partial charge in [-0.05, 0) is 53.7 Å². The van der Waals surface area contributed by atoms with Gasteiger partial charge < -0.3 is 15.2 Å². The van der Waals surface area contributed by atoms with E-state index in [0.717, 1.165) is 54.6 Å². The molecule has 0 amide bonds. The van der Waals surface area contributed by atoms with Crippen LogP contribution < -0.4 is 10.1 Å². The molecule has 118 valence electrons. The number of aliphatic hydroxyl groups excluding tert-OH is 1. The van der Waals surface area contributed by atoms with Crippen LogP contribution in [0.5, 0.6) is 5.75 Å². The van der Waals surface area contributed by atoms with Crippen molar-refractivity contribution >= 4 is 15.9 Å². The highest BCUT2D eigenvalue weighted by Crippen LogP contribution is 2.33. The van der Waals surface area contributed by atoms with Crippen LogP contribution in [0.1, 0.15) is 45.1 Å². The molecule has 0 heterocycles. The van der Waals surface area contributed by atoms with Gasteiger partial charge in [-0.1, -0.05) is 32.4 Å². The molecule has 1 aliphatic rings. The molecule has 0 spiro atoms. The van der Waals surface area contributed by atoms with E-state index >= 15 is 0 Å². The molecule has 2 rings (SSSR count). The Balaban J connectivity index is 2.06. The van der Waals surface area contributed by atoms with Gasteiger partial charge in [0.05, 0.1) is 10.6 Å². The van der Waals surface area contributed by atoms with E-state index < -0.39 is 0 Å². The number of hydrogen-bond acceptors (Lipinski definition) is 3. The third-order valence-corrected chi connectivity index (χ3v) is 4.48. The Morgan fingerprint density at radius 1 is 1.33 bits per heavy atom. The van der Waals surface area contributed by atoms with E-state index in [9.17, 15) is 5.11 Å². The summed E-state index contributed by atoms with van der Waals surface area (Å²) in [5.74, 6) is 1.50. The van der Waals surface area contributed by atoms with Crippen LogP contribution in [0.4, 0.5) is 0 Å². The van der Waals surface area contributed by atoms with Crippen molar-refractivity contribution in [3.8, 4) is 5.75 Å². The average molecular weight is 356 g/mol. The average Bonchev–Trinajstić information content (AvgIpc) is 2.44. The van der Waals surface area contributed by atoms with Gasteiger partial charge in [0.25, 0.3) is 0 Å². The summed E-state index contributed by atoms with van der Waals surface area (Å²) in [6, 6.07) is 6.11. The van der Waals surface area contributed by atoms with Gasteiger partial charge in [0.1, 0.15) is 11.9 Å². The molecule has 0 bridgehead atoms. The van der Waals surface area contributed by atoms with Gasteiger partial charge >= 0.3 is 0 Å². The van der Waals surface area contributed by atoms with Crippen molar-refractivity contribution in [1.29, 1.82) is 0 Å². The second-order valence-electron chi connectivity index (χ2n) is 6.26. The zero-order valence-electron chi connectivity index (χ0n) is 12.9. The lowest BCUT2D eigenvalue weighted by molar-refractivity contribution is 0.00596. The summed E-state index contributed by atoms with van der Waals surface area (Å²) in [6.45, 7) is 6.17. The Kier molecular flexibility index (Phi) is 6.52. The zero-order valence-corrected chi connectivity index (χ0v) is 14.5. The van der Waals surface area contributed by atoms with Crippen molar-refractivity contribution in [3.05, 3.63) is 28.2 Å². The van der Waals surface area contributed by atoms with E-state index in [2.05, 4.69) is 41.2 Å². The molecule has 1 fully saturated rings. The van der Waals surface area contributed by atoms with Crippen molar-refractivity contribution < 1.29 is 9.84 Å². The van der Waals surface area contributed by atoms with E-state index in [0.29, 0.717) is 5.92 Å². The van der Waals surface area contributed by atoms with Gasteiger partial charge in [-0.3, -0.25) is 0 Å². The molecule has 0 radical (unpaired) electrons. The second kappa shape index (κ2) is 8.16. The number of aliphatic hydroxyl groups is 1. The van der Waals surface area contributed by atoms with Gasteiger partial charge in [-0.15, -0.1) is 0 Å². The molecule has 2 unspecified atom stereocenters. The molecule has 2 N–H and O–H groups in total. The first-order chi connectivity index (χ1) is 10.1. The summed E-state index contributed by atoms with van der Waals surface area (Å²) in [5, 5.41) is 13.6. The van der Waals surface area contributed by atoms with E-state index in [1.54, 1.807) is 0 Å². The topological polar surface area (TPSA) is 41.5 Å². The molecular formula is C17H26BrNO2. The summed E-state index contributed by atoms with van der Waals surface area (Å²) in [6.07, 6.45) is 3.58. The third kappa shape index (κ3) is 4.97. The van der Waals surface area contributed by atoms with Gasteiger partial charge in [0, 0.05) is 12.1 Å².